The smallest absolute Gasteiger partial charge is 0.248 e. The van der Waals surface area contributed by atoms with Gasteiger partial charge in [0.25, 0.3) is 0 Å². The number of hydrogen-bond acceptors (Lipinski definition) is 4. The minimum absolute atomic E-state index is 0.0104. The van der Waals surface area contributed by atoms with Crippen LogP contribution in [0.25, 0.3) is 0 Å². The van der Waals surface area contributed by atoms with Crippen molar-refractivity contribution < 1.29 is 4.52 Å². The number of aryl methyl sites for hydroxylation is 2. The first-order chi connectivity index (χ1) is 11.9. The van der Waals surface area contributed by atoms with E-state index >= 15 is 0 Å². The molecular weight excluding hydrogens is 314 g/mol. The number of nitrogens with one attached hydrogen (secondary N) is 2. The summed E-state index contributed by atoms with van der Waals surface area (Å²) >= 11 is 0. The maximum atomic E-state index is 5.11. The number of benzene rings is 1. The Labute approximate surface area is 150 Å². The zero-order valence-corrected chi connectivity index (χ0v) is 15.9. The number of nitrogens with zero attached hydrogens (tertiary/aromatic N) is 3. The highest BCUT2D eigenvalue weighted by atomic mass is 16.5. The van der Waals surface area contributed by atoms with E-state index in [0.29, 0.717) is 18.3 Å². The van der Waals surface area contributed by atoms with E-state index in [1.807, 2.05) is 6.92 Å². The summed E-state index contributed by atoms with van der Waals surface area (Å²) in [5.74, 6) is 1.89. The third kappa shape index (κ3) is 5.59. The topological polar surface area (TPSA) is 75.3 Å². The summed E-state index contributed by atoms with van der Waals surface area (Å²) in [6.07, 6.45) is 1.06. The van der Waals surface area contributed by atoms with E-state index in [0.717, 1.165) is 25.5 Å². The molecule has 0 saturated carbocycles. The van der Waals surface area contributed by atoms with Gasteiger partial charge >= 0.3 is 0 Å². The molecule has 1 aromatic heterocycles. The van der Waals surface area contributed by atoms with Crippen LogP contribution in [0.15, 0.2) is 33.8 Å². The lowest BCUT2D eigenvalue weighted by Crippen LogP contribution is -2.43. The molecule has 0 aliphatic heterocycles. The highest BCUT2D eigenvalue weighted by molar-refractivity contribution is 5.79. The van der Waals surface area contributed by atoms with Gasteiger partial charge in [0, 0.05) is 18.5 Å². The minimum Gasteiger partial charge on any atom is -0.357 e. The molecule has 1 aromatic carbocycles. The summed E-state index contributed by atoms with van der Waals surface area (Å²) in [5, 5.41) is 10.4. The average molecular weight is 343 g/mol. The lowest BCUT2D eigenvalue weighted by molar-refractivity contribution is 0.376. The van der Waals surface area contributed by atoms with Crippen LogP contribution in [0.1, 0.15) is 50.5 Å². The van der Waals surface area contributed by atoms with E-state index in [2.05, 4.69) is 70.8 Å². The van der Waals surface area contributed by atoms with Crippen LogP contribution in [0, 0.1) is 6.92 Å². The molecule has 2 aromatic rings. The van der Waals surface area contributed by atoms with E-state index in [-0.39, 0.29) is 5.41 Å². The maximum absolute atomic E-state index is 5.11. The van der Waals surface area contributed by atoms with Crippen molar-refractivity contribution in [3.63, 3.8) is 0 Å². The molecule has 0 radical (unpaired) electrons. The summed E-state index contributed by atoms with van der Waals surface area (Å²) < 4.78 is 5.11. The second kappa shape index (κ2) is 8.65. The molecule has 25 heavy (non-hydrogen) atoms. The number of aromatic nitrogens is 2. The number of rotatable bonds is 7. The van der Waals surface area contributed by atoms with Crippen molar-refractivity contribution in [1.82, 2.24) is 20.8 Å². The third-order valence-electron chi connectivity index (χ3n) is 4.13. The van der Waals surface area contributed by atoms with Gasteiger partial charge < -0.3 is 15.2 Å². The van der Waals surface area contributed by atoms with Gasteiger partial charge in [-0.3, -0.25) is 0 Å². The summed E-state index contributed by atoms with van der Waals surface area (Å²) in [6, 6.07) is 8.83. The third-order valence-corrected chi connectivity index (χ3v) is 4.13. The van der Waals surface area contributed by atoms with E-state index in [1.54, 1.807) is 6.92 Å². The summed E-state index contributed by atoms with van der Waals surface area (Å²) in [7, 11) is 0. The van der Waals surface area contributed by atoms with Gasteiger partial charge in [0.15, 0.2) is 11.8 Å². The molecule has 0 aliphatic rings. The van der Waals surface area contributed by atoms with Crippen molar-refractivity contribution in [3.05, 3.63) is 47.1 Å². The van der Waals surface area contributed by atoms with Crippen LogP contribution in [0.2, 0.25) is 0 Å². The molecule has 0 saturated heterocycles. The second-order valence-electron chi connectivity index (χ2n) is 6.72. The fourth-order valence-corrected chi connectivity index (χ4v) is 2.49. The molecule has 0 atom stereocenters. The van der Waals surface area contributed by atoms with E-state index in [1.165, 1.54) is 11.1 Å². The molecule has 0 fully saturated rings. The molecule has 1 heterocycles. The highest BCUT2D eigenvalue weighted by Gasteiger charge is 2.21. The van der Waals surface area contributed by atoms with Gasteiger partial charge in [-0.2, -0.15) is 4.98 Å². The van der Waals surface area contributed by atoms with Gasteiger partial charge in [-0.15, -0.1) is 0 Å². The lowest BCUT2D eigenvalue weighted by Gasteiger charge is -2.27. The monoisotopic (exact) mass is 343 g/mol. The van der Waals surface area contributed by atoms with Gasteiger partial charge in [-0.05, 0) is 31.4 Å². The van der Waals surface area contributed by atoms with E-state index in [9.17, 15) is 0 Å². The summed E-state index contributed by atoms with van der Waals surface area (Å²) in [4.78, 5) is 8.69. The molecule has 2 rings (SSSR count). The molecule has 0 spiro atoms. The second-order valence-corrected chi connectivity index (χ2v) is 6.72. The van der Waals surface area contributed by atoms with Gasteiger partial charge in [0.2, 0.25) is 5.89 Å². The Morgan fingerprint density at radius 2 is 1.88 bits per heavy atom. The van der Waals surface area contributed by atoms with E-state index < -0.39 is 0 Å². The van der Waals surface area contributed by atoms with Crippen molar-refractivity contribution >= 4 is 5.96 Å². The SMILES string of the molecule is CCNC(=NCc1nc(C)no1)NCC(C)(C)c1ccc(CC)cc1. The fraction of sp³-hybridized carbons (Fsp3) is 0.526. The van der Waals surface area contributed by atoms with Gasteiger partial charge in [0.1, 0.15) is 6.54 Å². The Morgan fingerprint density at radius 3 is 2.44 bits per heavy atom. The van der Waals surface area contributed by atoms with Gasteiger partial charge in [0.05, 0.1) is 0 Å². The van der Waals surface area contributed by atoms with Crippen molar-refractivity contribution in [2.45, 2.75) is 53.0 Å². The highest BCUT2D eigenvalue weighted by Crippen LogP contribution is 2.22. The fourth-order valence-electron chi connectivity index (χ4n) is 2.49. The zero-order valence-electron chi connectivity index (χ0n) is 15.9. The Balaban J connectivity index is 2.00. The first-order valence-corrected chi connectivity index (χ1v) is 8.85. The van der Waals surface area contributed by atoms with Crippen LogP contribution in [0.3, 0.4) is 0 Å². The molecule has 0 aliphatic carbocycles. The van der Waals surface area contributed by atoms with Crippen molar-refractivity contribution in [2.75, 3.05) is 13.1 Å². The quantitative estimate of drug-likeness (QED) is 0.597. The molecule has 0 bridgehead atoms. The van der Waals surface area contributed by atoms with Crippen molar-refractivity contribution in [2.24, 2.45) is 4.99 Å². The Bertz CT molecular complexity index is 688. The van der Waals surface area contributed by atoms with E-state index in [4.69, 9.17) is 4.52 Å². The Morgan fingerprint density at radius 1 is 1.16 bits per heavy atom. The predicted molar refractivity (Wildman–Crippen MR) is 101 cm³/mol. The predicted octanol–water partition coefficient (Wildman–Crippen LogP) is 2.97. The minimum atomic E-state index is -0.0104. The Hall–Kier alpha value is -2.37. The van der Waals surface area contributed by atoms with Crippen LogP contribution in [-0.2, 0) is 18.4 Å². The number of aliphatic imine (C=N–C) groups is 1. The normalized spacial score (nSPS) is 12.3. The maximum Gasteiger partial charge on any atom is 0.248 e. The van der Waals surface area contributed by atoms with Gasteiger partial charge in [-0.25, -0.2) is 4.99 Å². The average Bonchev–Trinajstić information content (AvgIpc) is 3.03. The van der Waals surface area contributed by atoms with Crippen LogP contribution in [0.5, 0.6) is 0 Å². The van der Waals surface area contributed by atoms with Gasteiger partial charge in [-0.1, -0.05) is 50.2 Å². The van der Waals surface area contributed by atoms with Crippen molar-refractivity contribution in [3.8, 4) is 0 Å². The van der Waals surface area contributed by atoms with Crippen molar-refractivity contribution in [1.29, 1.82) is 0 Å². The standard InChI is InChI=1S/C19H29N5O/c1-6-15-8-10-16(11-9-15)19(4,5)13-22-18(20-7-2)21-12-17-23-14(3)24-25-17/h8-11H,6-7,12-13H2,1-5H3,(H2,20,21,22). The first-order valence-electron chi connectivity index (χ1n) is 8.85. The number of guanidine groups is 1. The van der Waals surface area contributed by atoms with Crippen LogP contribution in [-0.4, -0.2) is 29.2 Å². The molecule has 6 nitrogen and oxygen atoms in total. The lowest BCUT2D eigenvalue weighted by atomic mass is 9.84. The molecule has 2 N–H and O–H groups in total. The largest absolute Gasteiger partial charge is 0.357 e. The van der Waals surface area contributed by atoms with Crippen LogP contribution in [0.4, 0.5) is 0 Å². The molecule has 0 amide bonds. The molecule has 6 heteroatoms. The number of hydrogen-bond donors (Lipinski definition) is 2. The zero-order chi connectivity index (χ0) is 18.3. The molecule has 0 unspecified atom stereocenters. The van der Waals surface area contributed by atoms with Crippen LogP contribution >= 0.6 is 0 Å². The summed E-state index contributed by atoms with van der Waals surface area (Å²) in [5.41, 5.74) is 2.65. The molecular formula is C19H29N5O. The molecule has 136 valence electrons. The summed E-state index contributed by atoms with van der Waals surface area (Å²) in [6.45, 7) is 12.4. The Kier molecular flexibility index (Phi) is 6.56. The van der Waals surface area contributed by atoms with Crippen LogP contribution < -0.4 is 10.6 Å². The first kappa shape index (κ1) is 19.0.